The van der Waals surface area contributed by atoms with E-state index in [1.807, 2.05) is 54.6 Å². The van der Waals surface area contributed by atoms with Gasteiger partial charge in [0.25, 0.3) is 0 Å². The highest BCUT2D eigenvalue weighted by molar-refractivity contribution is 6.18. The highest BCUT2D eigenvalue weighted by atomic mass is 16.3. The first kappa shape index (κ1) is 38.8. The van der Waals surface area contributed by atoms with E-state index in [0.29, 0.717) is 23.1 Å². The number of fused-ring (bicyclic) bond motifs is 9. The molecule has 14 aromatic rings. The Hall–Kier alpha value is -9.39. The molecule has 0 saturated carbocycles. The molecule has 322 valence electrons. The van der Waals surface area contributed by atoms with Crippen molar-refractivity contribution in [1.29, 1.82) is 0 Å². The number of aromatic nitrogens is 4. The van der Waals surface area contributed by atoms with Gasteiger partial charge in [0, 0.05) is 54.6 Å². The zero-order valence-corrected chi connectivity index (χ0v) is 37.0. The number of hydrogen-bond acceptors (Lipinski definition) is 5. The molecular weight excluding hydrogens is 845 g/mol. The molecule has 0 radical (unpaired) electrons. The van der Waals surface area contributed by atoms with E-state index in [2.05, 4.69) is 180 Å². The Balaban J connectivity index is 0.993. The lowest BCUT2D eigenvalue weighted by Gasteiger charge is -2.15. The molecule has 0 amide bonds. The normalized spacial score (nSPS) is 11.8. The van der Waals surface area contributed by atoms with Gasteiger partial charge in [0.05, 0.1) is 22.3 Å². The molecule has 0 atom stereocenters. The van der Waals surface area contributed by atoms with Crippen molar-refractivity contribution in [2.24, 2.45) is 0 Å². The Kier molecular flexibility index (Phi) is 8.79. The molecule has 6 heteroatoms. The van der Waals surface area contributed by atoms with Crippen LogP contribution >= 0.6 is 0 Å². The second kappa shape index (κ2) is 15.6. The highest BCUT2D eigenvalue weighted by Gasteiger charge is 2.25. The smallest absolute Gasteiger partial charge is 0.167 e. The Morgan fingerprint density at radius 2 is 0.768 bits per heavy atom. The van der Waals surface area contributed by atoms with Crippen molar-refractivity contribution >= 4 is 65.7 Å². The summed E-state index contributed by atoms with van der Waals surface area (Å²) in [4.78, 5) is 15.4. The molecule has 0 unspecified atom stereocenters. The Morgan fingerprint density at radius 3 is 1.49 bits per heavy atom. The number of hydrogen-bond donors (Lipinski definition) is 0. The fourth-order valence-corrected chi connectivity index (χ4v) is 10.2. The topological polar surface area (TPSA) is 69.9 Å². The molecule has 0 fully saturated rings. The molecule has 0 aliphatic heterocycles. The molecule has 0 aliphatic rings. The largest absolute Gasteiger partial charge is 0.455 e. The van der Waals surface area contributed by atoms with Crippen LogP contribution in [0.5, 0.6) is 0 Å². The van der Waals surface area contributed by atoms with E-state index >= 15 is 0 Å². The van der Waals surface area contributed by atoms with Crippen LogP contribution in [0.4, 0.5) is 0 Å². The maximum atomic E-state index is 7.22. The van der Waals surface area contributed by atoms with Gasteiger partial charge in [-0.3, -0.25) is 0 Å². The summed E-state index contributed by atoms with van der Waals surface area (Å²) >= 11 is 0. The SMILES string of the molecule is c1ccc(-c2ccc(-c3nc(-c4ccccc4)nc(-c4cccc5c4oc4c(-c6ccc7c(oc8ccccc87)c6-n6c7ccccc7c7cc(-c8ccccc8)ccc76)cccc45)n3)cc2)cc1. The van der Waals surface area contributed by atoms with Gasteiger partial charge in [0.2, 0.25) is 0 Å². The van der Waals surface area contributed by atoms with Crippen molar-refractivity contribution in [2.75, 3.05) is 0 Å². The van der Waals surface area contributed by atoms with Crippen LogP contribution in [0.3, 0.4) is 0 Å². The summed E-state index contributed by atoms with van der Waals surface area (Å²) in [5, 5.41) is 6.40. The third-order valence-electron chi connectivity index (χ3n) is 13.5. The molecule has 6 nitrogen and oxygen atoms in total. The summed E-state index contributed by atoms with van der Waals surface area (Å²) in [7, 11) is 0. The monoisotopic (exact) mass is 882 g/mol. The summed E-state index contributed by atoms with van der Waals surface area (Å²) in [5.41, 5.74) is 15.3. The van der Waals surface area contributed by atoms with Gasteiger partial charge in [0.1, 0.15) is 16.7 Å². The third-order valence-corrected chi connectivity index (χ3v) is 13.5. The maximum absolute atomic E-state index is 7.22. The van der Waals surface area contributed by atoms with Gasteiger partial charge < -0.3 is 13.4 Å². The summed E-state index contributed by atoms with van der Waals surface area (Å²) in [6.07, 6.45) is 0. The van der Waals surface area contributed by atoms with Crippen molar-refractivity contribution in [3.05, 3.63) is 231 Å². The number of nitrogens with zero attached hydrogens (tertiary/aromatic N) is 4. The minimum Gasteiger partial charge on any atom is -0.455 e. The lowest BCUT2D eigenvalue weighted by molar-refractivity contribution is 0.666. The lowest BCUT2D eigenvalue weighted by atomic mass is 9.98. The predicted molar refractivity (Wildman–Crippen MR) is 281 cm³/mol. The van der Waals surface area contributed by atoms with E-state index in [1.165, 1.54) is 5.56 Å². The molecule has 0 aliphatic carbocycles. The molecular formula is C63H38N4O2. The summed E-state index contributed by atoms with van der Waals surface area (Å²) < 4.78 is 16.6. The van der Waals surface area contributed by atoms with Gasteiger partial charge in [-0.1, -0.05) is 194 Å². The summed E-state index contributed by atoms with van der Waals surface area (Å²) in [5.74, 6) is 1.70. The fraction of sp³-hybridized carbons (Fsp3) is 0. The van der Waals surface area contributed by atoms with Gasteiger partial charge in [-0.25, -0.2) is 15.0 Å². The van der Waals surface area contributed by atoms with E-state index in [1.54, 1.807) is 0 Å². The van der Waals surface area contributed by atoms with Crippen LogP contribution in [-0.2, 0) is 0 Å². The van der Waals surface area contributed by atoms with Crippen LogP contribution in [0.1, 0.15) is 0 Å². The molecule has 0 bridgehead atoms. The number of benzene rings is 10. The zero-order valence-electron chi connectivity index (χ0n) is 37.0. The van der Waals surface area contributed by atoms with Gasteiger partial charge in [0.15, 0.2) is 23.1 Å². The quantitative estimate of drug-likeness (QED) is 0.159. The number of furan rings is 2. The predicted octanol–water partition coefficient (Wildman–Crippen LogP) is 16.8. The molecule has 4 heterocycles. The van der Waals surface area contributed by atoms with Crippen LogP contribution < -0.4 is 0 Å². The second-order valence-corrected chi connectivity index (χ2v) is 17.5. The van der Waals surface area contributed by atoms with E-state index in [4.69, 9.17) is 23.8 Å². The van der Waals surface area contributed by atoms with Crippen molar-refractivity contribution in [1.82, 2.24) is 19.5 Å². The molecule has 69 heavy (non-hydrogen) atoms. The average molecular weight is 883 g/mol. The second-order valence-electron chi connectivity index (χ2n) is 17.5. The lowest BCUT2D eigenvalue weighted by Crippen LogP contribution is -2.00. The first-order chi connectivity index (χ1) is 34.2. The maximum Gasteiger partial charge on any atom is 0.167 e. The molecule has 0 saturated heterocycles. The van der Waals surface area contributed by atoms with E-state index < -0.39 is 0 Å². The highest BCUT2D eigenvalue weighted by Crippen LogP contribution is 2.47. The Labute approximate surface area is 396 Å². The van der Waals surface area contributed by atoms with Gasteiger partial charge >= 0.3 is 0 Å². The van der Waals surface area contributed by atoms with E-state index in [-0.39, 0.29) is 0 Å². The number of para-hydroxylation sites is 4. The molecule has 4 aromatic heterocycles. The van der Waals surface area contributed by atoms with Crippen molar-refractivity contribution in [2.45, 2.75) is 0 Å². The molecule has 10 aromatic carbocycles. The van der Waals surface area contributed by atoms with E-state index in [9.17, 15) is 0 Å². The molecule has 14 rings (SSSR count). The first-order valence-corrected chi connectivity index (χ1v) is 23.2. The standard InChI is InChI=1S/C63H38N4O2/c1-4-16-39(17-5-1)41-30-32-43(33-31-41)62-64-61(42-20-8-3-9-21-42)65-63(66-62)52-27-15-26-50-49-25-14-24-48(58(49)69-59(50)52)47-35-36-51-46-23-11-13-29-56(46)68-60(51)57(47)67-54-28-12-10-22-45(54)53-38-44(34-37-55(53)67)40-18-6-2-7-19-40/h1-38H. The van der Waals surface area contributed by atoms with Gasteiger partial charge in [-0.2, -0.15) is 0 Å². The Bertz CT molecular complexity index is 4290. The molecule has 0 spiro atoms. The Morgan fingerprint density at radius 1 is 0.275 bits per heavy atom. The van der Waals surface area contributed by atoms with E-state index in [0.717, 1.165) is 110 Å². The number of rotatable bonds is 7. The fourth-order valence-electron chi connectivity index (χ4n) is 10.2. The van der Waals surface area contributed by atoms with Crippen LogP contribution in [0.15, 0.2) is 239 Å². The average Bonchev–Trinajstić information content (AvgIpc) is 4.11. The minimum absolute atomic E-state index is 0.529. The van der Waals surface area contributed by atoms with Gasteiger partial charge in [-0.05, 0) is 58.7 Å². The van der Waals surface area contributed by atoms with Crippen LogP contribution in [0.2, 0.25) is 0 Å². The van der Waals surface area contributed by atoms with Crippen molar-refractivity contribution in [3.8, 4) is 73.2 Å². The minimum atomic E-state index is 0.529. The summed E-state index contributed by atoms with van der Waals surface area (Å²) in [6.45, 7) is 0. The van der Waals surface area contributed by atoms with Crippen LogP contribution in [0.25, 0.3) is 139 Å². The van der Waals surface area contributed by atoms with Crippen LogP contribution in [0, 0.1) is 0 Å². The van der Waals surface area contributed by atoms with Gasteiger partial charge in [-0.15, -0.1) is 0 Å². The third kappa shape index (κ3) is 6.30. The molecule has 0 N–H and O–H groups in total. The zero-order chi connectivity index (χ0) is 45.4. The van der Waals surface area contributed by atoms with Crippen molar-refractivity contribution < 1.29 is 8.83 Å². The van der Waals surface area contributed by atoms with Crippen LogP contribution in [-0.4, -0.2) is 19.5 Å². The summed E-state index contributed by atoms with van der Waals surface area (Å²) in [6, 6.07) is 80.3. The first-order valence-electron chi connectivity index (χ1n) is 23.2. The van der Waals surface area contributed by atoms with Crippen molar-refractivity contribution in [3.63, 3.8) is 0 Å².